The van der Waals surface area contributed by atoms with Crippen LogP contribution in [0.2, 0.25) is 0 Å². The van der Waals surface area contributed by atoms with E-state index in [1.54, 1.807) is 19.3 Å². The Morgan fingerprint density at radius 2 is 1.44 bits per heavy atom. The zero-order valence-electron chi connectivity index (χ0n) is 10.5. The van der Waals surface area contributed by atoms with Crippen molar-refractivity contribution in [3.63, 3.8) is 0 Å². The fourth-order valence-electron chi connectivity index (χ4n) is 5.56. The van der Waals surface area contributed by atoms with Crippen molar-refractivity contribution < 1.29 is 0 Å². The Labute approximate surface area is 99.0 Å². The highest BCUT2D eigenvalue weighted by molar-refractivity contribution is 5.08. The summed E-state index contributed by atoms with van der Waals surface area (Å²) in [5.74, 6) is 3.28. The van der Waals surface area contributed by atoms with Gasteiger partial charge < -0.3 is 0 Å². The summed E-state index contributed by atoms with van der Waals surface area (Å²) >= 11 is 0. The quantitative estimate of drug-likeness (QED) is 0.668. The zero-order valence-corrected chi connectivity index (χ0v) is 10.5. The maximum absolute atomic E-state index is 2.84. The average molecular weight is 220 g/mol. The van der Waals surface area contributed by atoms with Gasteiger partial charge in [-0.25, -0.2) is 0 Å². The van der Waals surface area contributed by atoms with Gasteiger partial charge >= 0.3 is 0 Å². The summed E-state index contributed by atoms with van der Waals surface area (Å²) in [4.78, 5) is 5.34. The van der Waals surface area contributed by atoms with E-state index in [-0.39, 0.29) is 0 Å². The second-order valence-corrected chi connectivity index (χ2v) is 7.13. The van der Waals surface area contributed by atoms with E-state index >= 15 is 0 Å². The first-order chi connectivity index (χ1) is 7.73. The predicted octanol–water partition coefficient (Wildman–Crippen LogP) is 2.16. The van der Waals surface area contributed by atoms with E-state index in [1.165, 1.54) is 39.0 Å². The first kappa shape index (κ1) is 9.90. The highest BCUT2D eigenvalue weighted by Crippen LogP contribution is 2.57. The summed E-state index contributed by atoms with van der Waals surface area (Å²) in [6, 6.07) is 0. The molecule has 2 nitrogen and oxygen atoms in total. The van der Waals surface area contributed by atoms with E-state index in [2.05, 4.69) is 16.8 Å². The molecule has 0 unspecified atom stereocenters. The van der Waals surface area contributed by atoms with Crippen molar-refractivity contribution in [3.05, 3.63) is 0 Å². The van der Waals surface area contributed by atoms with Gasteiger partial charge in [-0.1, -0.05) is 0 Å². The van der Waals surface area contributed by atoms with Crippen molar-refractivity contribution in [3.8, 4) is 0 Å². The molecular formula is C14H24N2. The summed E-state index contributed by atoms with van der Waals surface area (Å²) in [5.41, 5.74) is 0.652. The molecule has 0 atom stereocenters. The van der Waals surface area contributed by atoms with Crippen LogP contribution in [-0.4, -0.2) is 42.1 Å². The van der Waals surface area contributed by atoms with E-state index in [1.807, 2.05) is 0 Å². The van der Waals surface area contributed by atoms with Crippen molar-refractivity contribution >= 4 is 0 Å². The van der Waals surface area contributed by atoms with Crippen LogP contribution in [0.3, 0.4) is 0 Å². The Morgan fingerprint density at radius 3 is 1.88 bits per heavy atom. The Morgan fingerprint density at radius 1 is 0.875 bits per heavy atom. The van der Waals surface area contributed by atoms with Gasteiger partial charge in [0, 0.05) is 18.6 Å². The van der Waals surface area contributed by atoms with Crippen LogP contribution in [-0.2, 0) is 0 Å². The van der Waals surface area contributed by atoms with Gasteiger partial charge in [-0.2, -0.15) is 0 Å². The highest BCUT2D eigenvalue weighted by Gasteiger charge is 2.54. The van der Waals surface area contributed by atoms with Crippen LogP contribution < -0.4 is 0 Å². The summed E-state index contributed by atoms with van der Waals surface area (Å²) in [5, 5.41) is 0. The van der Waals surface area contributed by atoms with Crippen LogP contribution in [0.15, 0.2) is 0 Å². The molecule has 1 aliphatic heterocycles. The van der Waals surface area contributed by atoms with Gasteiger partial charge in [0.1, 0.15) is 0 Å². The van der Waals surface area contributed by atoms with Gasteiger partial charge in [-0.15, -0.1) is 0 Å². The Bertz CT molecular complexity index is 264. The lowest BCUT2D eigenvalue weighted by Gasteiger charge is -2.60. The summed E-state index contributed by atoms with van der Waals surface area (Å²) in [7, 11) is 2.28. The monoisotopic (exact) mass is 220 g/mol. The Balaban J connectivity index is 1.61. The molecule has 4 saturated carbocycles. The number of hydrogen-bond acceptors (Lipinski definition) is 2. The molecule has 90 valence electrons. The molecule has 0 radical (unpaired) electrons. The lowest BCUT2D eigenvalue weighted by atomic mass is 9.52. The molecule has 5 fully saturated rings. The molecule has 5 aliphatic rings. The Hall–Kier alpha value is -0.0800. The number of rotatable bonds is 1. The molecule has 1 saturated heterocycles. The molecule has 1 heterocycles. The molecule has 4 aliphatic carbocycles. The normalized spacial score (nSPS) is 52.7. The third kappa shape index (κ3) is 1.32. The summed E-state index contributed by atoms with van der Waals surface area (Å²) < 4.78 is 0. The third-order valence-electron chi connectivity index (χ3n) is 5.84. The van der Waals surface area contributed by atoms with E-state index in [9.17, 15) is 0 Å². The van der Waals surface area contributed by atoms with E-state index < -0.39 is 0 Å². The third-order valence-corrected chi connectivity index (χ3v) is 5.84. The molecule has 0 N–H and O–H groups in total. The minimum atomic E-state index is 0.652. The van der Waals surface area contributed by atoms with Gasteiger partial charge in [-0.05, 0) is 63.3 Å². The second kappa shape index (κ2) is 3.23. The van der Waals surface area contributed by atoms with E-state index in [0.29, 0.717) is 5.54 Å². The van der Waals surface area contributed by atoms with Crippen molar-refractivity contribution in [1.82, 2.24) is 9.80 Å². The van der Waals surface area contributed by atoms with Crippen molar-refractivity contribution in [2.24, 2.45) is 17.8 Å². The van der Waals surface area contributed by atoms with Crippen LogP contribution >= 0.6 is 0 Å². The minimum absolute atomic E-state index is 0.652. The van der Waals surface area contributed by atoms with Crippen LogP contribution in [0.1, 0.15) is 38.5 Å². The highest BCUT2D eigenvalue weighted by atomic mass is 15.4. The Kier molecular flexibility index (Phi) is 2.00. The standard InChI is InChI=1S/C14H24N2/c1-15-2-3-16(10-15)14-7-11-4-12(8-14)6-13(5-11)9-14/h11-13H,2-10H2,1H3/t11-,12+,13?,14?. The summed E-state index contributed by atoms with van der Waals surface area (Å²) in [6.45, 7) is 3.87. The first-order valence-electron chi connectivity index (χ1n) is 7.17. The zero-order chi connectivity index (χ0) is 10.8. The van der Waals surface area contributed by atoms with Crippen LogP contribution in [0.5, 0.6) is 0 Å². The maximum Gasteiger partial charge on any atom is 0.0509 e. The molecule has 0 aromatic heterocycles. The smallest absolute Gasteiger partial charge is 0.0509 e. The van der Waals surface area contributed by atoms with Crippen molar-refractivity contribution in [1.29, 1.82) is 0 Å². The van der Waals surface area contributed by atoms with Gasteiger partial charge in [0.05, 0.1) is 6.67 Å². The van der Waals surface area contributed by atoms with Crippen molar-refractivity contribution in [2.45, 2.75) is 44.1 Å². The minimum Gasteiger partial charge on any atom is -0.292 e. The van der Waals surface area contributed by atoms with Crippen molar-refractivity contribution in [2.75, 3.05) is 26.8 Å². The molecular weight excluding hydrogens is 196 g/mol. The lowest BCUT2D eigenvalue weighted by Crippen LogP contribution is -2.59. The molecule has 0 aromatic carbocycles. The van der Waals surface area contributed by atoms with Crippen LogP contribution in [0.4, 0.5) is 0 Å². The van der Waals surface area contributed by atoms with Crippen LogP contribution in [0.25, 0.3) is 0 Å². The fourth-order valence-corrected chi connectivity index (χ4v) is 5.56. The molecule has 0 amide bonds. The molecule has 5 rings (SSSR count). The van der Waals surface area contributed by atoms with Crippen LogP contribution in [0, 0.1) is 17.8 Å². The van der Waals surface area contributed by atoms with Gasteiger partial charge in [0.25, 0.3) is 0 Å². The topological polar surface area (TPSA) is 6.48 Å². The molecule has 0 spiro atoms. The SMILES string of the molecule is CN1CCN(C23CC4C[C@H](C2)C[C@@H](C4)C3)C1. The van der Waals surface area contributed by atoms with Gasteiger partial charge in [-0.3, -0.25) is 9.80 Å². The molecule has 4 bridgehead atoms. The van der Waals surface area contributed by atoms with E-state index in [0.717, 1.165) is 17.8 Å². The van der Waals surface area contributed by atoms with Gasteiger partial charge in [0.15, 0.2) is 0 Å². The lowest BCUT2D eigenvalue weighted by molar-refractivity contribution is -0.0842. The van der Waals surface area contributed by atoms with Gasteiger partial charge in [0.2, 0.25) is 0 Å². The first-order valence-corrected chi connectivity index (χ1v) is 7.17. The van der Waals surface area contributed by atoms with E-state index in [4.69, 9.17) is 0 Å². The second-order valence-electron chi connectivity index (χ2n) is 7.13. The molecule has 16 heavy (non-hydrogen) atoms. The number of hydrogen-bond donors (Lipinski definition) is 0. The number of nitrogens with zero attached hydrogens (tertiary/aromatic N) is 2. The molecule has 0 aromatic rings. The predicted molar refractivity (Wildman–Crippen MR) is 65.1 cm³/mol. The largest absolute Gasteiger partial charge is 0.292 e. The molecule has 2 heteroatoms. The summed E-state index contributed by atoms with van der Waals surface area (Å²) in [6.07, 6.45) is 9.32. The number of likely N-dealkylation sites (N-methyl/N-ethyl adjacent to an activating group) is 1. The average Bonchev–Trinajstić information content (AvgIpc) is 2.63. The fraction of sp³-hybridized carbons (Fsp3) is 1.00. The maximum atomic E-state index is 2.84.